The molecule has 0 aromatic heterocycles. The van der Waals surface area contributed by atoms with Crippen molar-refractivity contribution < 1.29 is 76.1 Å². The molecule has 0 saturated carbocycles. The number of allylic oxidation sites excluding steroid dienone is 4. The zero-order chi connectivity index (χ0) is 48.3. The molecule has 1 aromatic carbocycles. The molecule has 1 aromatic rings. The van der Waals surface area contributed by atoms with E-state index < -0.39 is 22.9 Å². The average Bonchev–Trinajstić information content (AvgIpc) is 3.32. The number of hydrazine groups is 2. The van der Waals surface area contributed by atoms with E-state index in [9.17, 15) is 10.1 Å². The second kappa shape index (κ2) is 35.5. The summed E-state index contributed by atoms with van der Waals surface area (Å²) in [4.78, 5) is 17.1. The lowest BCUT2D eigenvalue weighted by atomic mass is 10.0. The van der Waals surface area contributed by atoms with Crippen LogP contribution in [-0.2, 0) is 79.5 Å². The molecule has 0 amide bonds. The first-order valence-corrected chi connectivity index (χ1v) is 23.1. The standard InChI is InChI=1S/C45H74N6O17/c1-4-39(8-7-36(2)51(52)53)47-48-41-26-37-28-63-33-42(31-54-3)65-23-22-59-15-14-55-10-11-56-16-19-60-30-40-6-5-9-45(46)35-62-21-18-58-13-12-57-17-20-61-32-43(66-24-25-67-45)34-64-29-38(27-41)44(37)68-50-49-40/h1,7-8,26-27,40,42-43,47-50H,5-6,9-25,28-35,46H2,2-3H3/b36-7+,39-8+. The molecular weight excluding hydrogens is 897 g/mol. The van der Waals surface area contributed by atoms with Crippen LogP contribution in [0.1, 0.15) is 37.3 Å². The Morgan fingerprint density at radius 3 is 2.01 bits per heavy atom. The van der Waals surface area contributed by atoms with Crippen molar-refractivity contribution in [2.45, 2.75) is 63.4 Å². The molecule has 4 unspecified atom stereocenters. The van der Waals surface area contributed by atoms with Crippen molar-refractivity contribution in [1.29, 1.82) is 0 Å². The van der Waals surface area contributed by atoms with Crippen LogP contribution in [0.3, 0.4) is 0 Å². The Morgan fingerprint density at radius 1 is 0.809 bits per heavy atom. The third kappa shape index (κ3) is 24.8. The predicted octanol–water partition coefficient (Wildman–Crippen LogP) is 1.52. The minimum absolute atomic E-state index is 0.0395. The highest BCUT2D eigenvalue weighted by molar-refractivity contribution is 5.56. The minimum atomic E-state index is -1.12. The first-order chi connectivity index (χ1) is 33.3. The van der Waals surface area contributed by atoms with E-state index in [1.54, 1.807) is 7.11 Å². The Bertz CT molecular complexity index is 1640. The van der Waals surface area contributed by atoms with Gasteiger partial charge in [-0.15, -0.1) is 6.42 Å². The molecule has 1 fully saturated rings. The summed E-state index contributed by atoms with van der Waals surface area (Å²) in [5.74, 6) is 2.91. The Hall–Kier alpha value is -3.62. The number of nitrogens with zero attached hydrogens (tertiary/aromatic N) is 1. The third-order valence-corrected chi connectivity index (χ3v) is 10.2. The van der Waals surface area contributed by atoms with Gasteiger partial charge in [0.15, 0.2) is 5.75 Å². The molecule has 68 heavy (non-hydrogen) atoms. The fourth-order valence-electron chi connectivity index (χ4n) is 6.61. The van der Waals surface area contributed by atoms with Gasteiger partial charge in [-0.3, -0.25) is 15.5 Å². The Morgan fingerprint density at radius 2 is 1.38 bits per heavy atom. The highest BCUT2D eigenvalue weighted by atomic mass is 16.7. The summed E-state index contributed by atoms with van der Waals surface area (Å²) in [5, 5.41) is 11.2. The van der Waals surface area contributed by atoms with Crippen molar-refractivity contribution in [1.82, 2.24) is 16.4 Å². The summed E-state index contributed by atoms with van der Waals surface area (Å²) >= 11 is 0. The fourth-order valence-corrected chi connectivity index (χ4v) is 6.61. The van der Waals surface area contributed by atoms with Crippen LogP contribution in [0, 0.1) is 22.5 Å². The van der Waals surface area contributed by atoms with E-state index in [2.05, 4.69) is 27.8 Å². The minimum Gasteiger partial charge on any atom is -0.393 e. The third-order valence-electron chi connectivity index (χ3n) is 10.2. The average molecular weight is 971 g/mol. The lowest BCUT2D eigenvalue weighted by Gasteiger charge is -2.31. The van der Waals surface area contributed by atoms with E-state index >= 15 is 0 Å². The Kier molecular flexibility index (Phi) is 29.7. The van der Waals surface area contributed by atoms with E-state index in [1.807, 2.05) is 12.1 Å². The smallest absolute Gasteiger partial charge is 0.243 e. The summed E-state index contributed by atoms with van der Waals surface area (Å²) in [7, 11) is 1.59. The molecule has 0 radical (unpaired) electrons. The van der Waals surface area contributed by atoms with Crippen LogP contribution >= 0.6 is 0 Å². The van der Waals surface area contributed by atoms with Gasteiger partial charge in [0, 0.05) is 37.3 Å². The van der Waals surface area contributed by atoms with E-state index in [4.69, 9.17) is 83.3 Å². The van der Waals surface area contributed by atoms with E-state index in [-0.39, 0.29) is 76.9 Å². The maximum absolute atomic E-state index is 11.2. The SMILES string of the molecule is C#C/C(=C\C=C(/C)[N+](=O)[O-])NNc1cc2c3c(c1)COCC1COCCOCCOCCOCC(N)(CCCC(COCCOCCOCCOCCOC(COC)COC2)NNO3)OCCO1. The van der Waals surface area contributed by atoms with Gasteiger partial charge >= 0.3 is 0 Å². The number of ether oxygens (including phenoxy) is 14. The molecule has 4 atom stereocenters. The van der Waals surface area contributed by atoms with Gasteiger partial charge in [0.1, 0.15) is 23.6 Å². The molecule has 4 bridgehead atoms. The van der Waals surface area contributed by atoms with Gasteiger partial charge < -0.3 is 82.3 Å². The number of rotatable bonds is 7. The molecule has 0 aliphatic carbocycles. The molecule has 0 spiro atoms. The van der Waals surface area contributed by atoms with Crippen molar-refractivity contribution in [3.63, 3.8) is 0 Å². The number of nitrogens with one attached hydrogen (secondary N) is 4. The predicted molar refractivity (Wildman–Crippen MR) is 245 cm³/mol. The van der Waals surface area contributed by atoms with Crippen molar-refractivity contribution >= 4 is 5.69 Å². The van der Waals surface area contributed by atoms with Crippen LogP contribution in [0.15, 0.2) is 35.7 Å². The van der Waals surface area contributed by atoms with E-state index in [0.29, 0.717) is 141 Å². The summed E-state index contributed by atoms with van der Waals surface area (Å²) in [6, 6.07) is 3.35. The van der Waals surface area contributed by atoms with Crippen LogP contribution < -0.4 is 32.4 Å². The normalized spacial score (nSPS) is 26.2. The van der Waals surface area contributed by atoms with E-state index in [1.165, 1.54) is 19.1 Å². The maximum atomic E-state index is 11.2. The summed E-state index contributed by atoms with van der Waals surface area (Å²) in [6.45, 7) is 8.33. The number of benzene rings is 1. The van der Waals surface area contributed by atoms with Crippen LogP contribution in [0.25, 0.3) is 0 Å². The number of terminal acetylenes is 1. The first-order valence-electron chi connectivity index (χ1n) is 23.1. The molecule has 1 saturated heterocycles. The second-order valence-corrected chi connectivity index (χ2v) is 15.7. The van der Waals surface area contributed by atoms with Gasteiger partial charge in [0.05, 0.1) is 169 Å². The number of fused-ring (bicyclic) bond motifs is 8. The molecule has 6 N–H and O–H groups in total. The summed E-state index contributed by atoms with van der Waals surface area (Å²) in [6.07, 6.45) is 9.25. The monoisotopic (exact) mass is 971 g/mol. The molecular formula is C45H74N6O17. The molecule has 23 nitrogen and oxygen atoms in total. The zero-order valence-electron chi connectivity index (χ0n) is 39.7. The lowest BCUT2D eigenvalue weighted by Crippen LogP contribution is -2.49. The quantitative estimate of drug-likeness (QED) is 0.112. The highest BCUT2D eigenvalue weighted by Crippen LogP contribution is 2.30. The topological polar surface area (TPSA) is 256 Å². The second-order valence-electron chi connectivity index (χ2n) is 15.7. The molecule has 3 heterocycles. The Balaban J connectivity index is 1.68. The number of hydrogen-bond acceptors (Lipinski definition) is 22. The molecule has 4 rings (SSSR count). The van der Waals surface area contributed by atoms with Crippen LogP contribution in [0.4, 0.5) is 5.69 Å². The van der Waals surface area contributed by atoms with Crippen molar-refractivity contribution in [3.8, 4) is 18.1 Å². The largest absolute Gasteiger partial charge is 0.393 e. The van der Waals surface area contributed by atoms with Gasteiger partial charge in [0.2, 0.25) is 5.70 Å². The molecule has 3 aliphatic heterocycles. The van der Waals surface area contributed by atoms with Gasteiger partial charge in [0.25, 0.3) is 0 Å². The number of hydrogen-bond donors (Lipinski definition) is 5. The summed E-state index contributed by atoms with van der Waals surface area (Å²) < 4.78 is 83.0. The summed E-state index contributed by atoms with van der Waals surface area (Å²) in [5.41, 5.74) is 20.0. The van der Waals surface area contributed by atoms with Gasteiger partial charge in [-0.05, 0) is 37.5 Å². The van der Waals surface area contributed by atoms with Crippen molar-refractivity contribution in [2.24, 2.45) is 5.73 Å². The molecule has 386 valence electrons. The number of anilines is 1. The molecule has 3 aliphatic rings. The van der Waals surface area contributed by atoms with Crippen molar-refractivity contribution in [3.05, 3.63) is 56.9 Å². The van der Waals surface area contributed by atoms with Gasteiger partial charge in [-0.25, -0.2) is 5.43 Å². The zero-order valence-corrected chi connectivity index (χ0v) is 39.7. The van der Waals surface area contributed by atoms with Crippen LogP contribution in [0.5, 0.6) is 5.75 Å². The number of methoxy groups -OCH3 is 1. The Labute approximate surface area is 399 Å². The molecule has 23 heteroatoms. The number of nitrogens with two attached hydrogens (primary N) is 1. The van der Waals surface area contributed by atoms with Gasteiger partial charge in [-0.2, -0.15) is 0 Å². The van der Waals surface area contributed by atoms with Crippen LogP contribution in [0.2, 0.25) is 0 Å². The maximum Gasteiger partial charge on any atom is 0.243 e. The fraction of sp³-hybridized carbons (Fsp3) is 0.733. The lowest BCUT2D eigenvalue weighted by molar-refractivity contribution is -0.424. The first kappa shape index (κ1) is 57.0. The highest BCUT2D eigenvalue weighted by Gasteiger charge is 2.28. The van der Waals surface area contributed by atoms with Gasteiger partial charge in [-0.1, -0.05) is 11.5 Å². The van der Waals surface area contributed by atoms with Crippen LogP contribution in [-0.4, -0.2) is 181 Å². The number of nitro groups is 1. The van der Waals surface area contributed by atoms with E-state index in [0.717, 1.165) is 0 Å². The van der Waals surface area contributed by atoms with Crippen molar-refractivity contribution in [2.75, 3.05) is 158 Å².